The Morgan fingerprint density at radius 2 is 2.00 bits per heavy atom. The minimum atomic E-state index is -1.03. The summed E-state index contributed by atoms with van der Waals surface area (Å²) in [7, 11) is 0. The number of hydrogen-bond donors (Lipinski definition) is 1. The molecule has 1 aromatic heterocycles. The first-order valence-corrected chi connectivity index (χ1v) is 6.54. The molecule has 98 valence electrons. The second-order valence-electron chi connectivity index (χ2n) is 5.19. The van der Waals surface area contributed by atoms with Gasteiger partial charge in [0.15, 0.2) is 0 Å². The molecule has 1 aliphatic rings. The fraction of sp³-hybridized carbons (Fsp3) is 0.333. The first kappa shape index (κ1) is 12.1. The summed E-state index contributed by atoms with van der Waals surface area (Å²) >= 11 is 0. The predicted molar refractivity (Wildman–Crippen MR) is 72.4 cm³/mol. The quantitative estimate of drug-likeness (QED) is 0.827. The molecule has 4 nitrogen and oxygen atoms in total. The summed E-state index contributed by atoms with van der Waals surface area (Å²) in [5, 5.41) is 11.2. The second-order valence-corrected chi connectivity index (χ2v) is 5.19. The van der Waals surface area contributed by atoms with Gasteiger partial charge in [-0.05, 0) is 13.8 Å². The van der Waals surface area contributed by atoms with Crippen LogP contribution in [0.15, 0.2) is 48.8 Å². The number of aliphatic hydroxyl groups is 1. The van der Waals surface area contributed by atoms with Crippen LogP contribution in [-0.4, -0.2) is 16.1 Å². The summed E-state index contributed by atoms with van der Waals surface area (Å²) in [5.74, 6) is 0.809. The van der Waals surface area contributed by atoms with E-state index in [0.717, 1.165) is 11.5 Å². The average Bonchev–Trinajstić information content (AvgIpc) is 2.73. The second kappa shape index (κ2) is 4.31. The van der Waals surface area contributed by atoms with Crippen LogP contribution in [0, 0.1) is 0 Å². The summed E-state index contributed by atoms with van der Waals surface area (Å²) in [6.07, 6.45) is 3.72. The van der Waals surface area contributed by atoms with Gasteiger partial charge in [-0.2, -0.15) is 0 Å². The molecule has 0 aliphatic carbocycles. The van der Waals surface area contributed by atoms with Crippen molar-refractivity contribution in [2.24, 2.45) is 0 Å². The van der Waals surface area contributed by atoms with E-state index < -0.39 is 5.72 Å². The van der Waals surface area contributed by atoms with Gasteiger partial charge in [-0.15, -0.1) is 0 Å². The summed E-state index contributed by atoms with van der Waals surface area (Å²) in [6, 6.07) is 11.8. The lowest BCUT2D eigenvalue weighted by Gasteiger charge is -2.31. The maximum atomic E-state index is 11.2. The Bertz CT molecular complexity index is 585. The highest BCUT2D eigenvalue weighted by Crippen LogP contribution is 2.35. The van der Waals surface area contributed by atoms with Crippen molar-refractivity contribution in [2.75, 3.05) is 4.90 Å². The van der Waals surface area contributed by atoms with E-state index in [4.69, 9.17) is 0 Å². The molecule has 1 N–H and O–H groups in total. The molecule has 1 aromatic carbocycles. The third-order valence-electron chi connectivity index (χ3n) is 3.56. The third kappa shape index (κ3) is 1.79. The molecule has 2 heterocycles. The normalized spacial score (nSPS) is 21.8. The Balaban J connectivity index is 2.14. The molecular weight excluding hydrogens is 238 g/mol. The molecule has 4 heteroatoms. The van der Waals surface area contributed by atoms with E-state index >= 15 is 0 Å². The van der Waals surface area contributed by atoms with Crippen molar-refractivity contribution in [2.45, 2.75) is 32.2 Å². The largest absolute Gasteiger partial charge is 0.397 e. The van der Waals surface area contributed by atoms with Crippen LogP contribution in [0.5, 0.6) is 0 Å². The third-order valence-corrected chi connectivity index (χ3v) is 3.56. The Morgan fingerprint density at radius 1 is 1.26 bits per heavy atom. The van der Waals surface area contributed by atoms with Crippen LogP contribution in [0.3, 0.4) is 0 Å². The zero-order valence-corrected chi connectivity index (χ0v) is 11.2. The van der Waals surface area contributed by atoms with Crippen LogP contribution in [0.1, 0.15) is 19.4 Å². The highest BCUT2D eigenvalue weighted by atomic mass is 16.3. The molecule has 0 fully saturated rings. The number of nitrogens with zero attached hydrogens (tertiary/aromatic N) is 3. The number of aromatic nitrogens is 2. The average molecular weight is 256 g/mol. The highest BCUT2D eigenvalue weighted by Gasteiger charge is 2.52. The molecule has 3 rings (SSSR count). The lowest BCUT2D eigenvalue weighted by Crippen LogP contribution is -2.48. The fourth-order valence-electron chi connectivity index (χ4n) is 2.79. The van der Waals surface area contributed by atoms with Crippen LogP contribution in [0.25, 0.3) is 0 Å². The van der Waals surface area contributed by atoms with Crippen molar-refractivity contribution >= 4 is 5.95 Å². The molecule has 0 saturated heterocycles. The summed E-state index contributed by atoms with van der Waals surface area (Å²) < 4.78 is 1.99. The summed E-state index contributed by atoms with van der Waals surface area (Å²) in [5.41, 5.74) is -0.134. The Kier molecular flexibility index (Phi) is 2.75. The molecule has 0 amide bonds. The Hall–Kier alpha value is -1.94. The zero-order chi connectivity index (χ0) is 13.5. The van der Waals surface area contributed by atoms with Gasteiger partial charge < -0.3 is 5.11 Å². The summed E-state index contributed by atoms with van der Waals surface area (Å²) in [6.45, 7) is 4.63. The van der Waals surface area contributed by atoms with Crippen LogP contribution in [0.4, 0.5) is 5.95 Å². The van der Waals surface area contributed by atoms with Crippen molar-refractivity contribution in [1.29, 1.82) is 0 Å². The van der Waals surface area contributed by atoms with Crippen molar-refractivity contribution < 1.29 is 9.67 Å². The minimum Gasteiger partial charge on any atom is -0.353 e. The smallest absolute Gasteiger partial charge is 0.353 e. The van der Waals surface area contributed by atoms with E-state index in [-0.39, 0.29) is 6.04 Å². The monoisotopic (exact) mass is 256 g/mol. The number of anilines is 1. The van der Waals surface area contributed by atoms with Gasteiger partial charge in [-0.1, -0.05) is 35.3 Å². The number of fused-ring (bicyclic) bond motifs is 1. The highest BCUT2D eigenvalue weighted by molar-refractivity contribution is 5.38. The van der Waals surface area contributed by atoms with Crippen molar-refractivity contribution in [3.05, 3.63) is 54.4 Å². The molecule has 1 aliphatic heterocycles. The summed E-state index contributed by atoms with van der Waals surface area (Å²) in [4.78, 5) is 6.39. The van der Waals surface area contributed by atoms with Crippen molar-refractivity contribution in [3.63, 3.8) is 0 Å². The molecule has 0 bridgehead atoms. The number of hydrogen-bond acceptors (Lipinski definition) is 3. The van der Waals surface area contributed by atoms with Gasteiger partial charge in [-0.25, -0.2) is 9.47 Å². The number of rotatable bonds is 2. The van der Waals surface area contributed by atoms with Crippen LogP contribution in [-0.2, 0) is 12.3 Å². The molecule has 0 saturated carbocycles. The van der Waals surface area contributed by atoms with Gasteiger partial charge in [0.2, 0.25) is 5.72 Å². The standard InChI is InChI=1S/C15H18N3O/c1-12(2)18-14-16-9-6-10-17(14)11-15(18,19)13-7-4-3-5-8-13/h3-10,12,19H,11H2,1-2H3/q+1/t15-/m1/s1. The lowest BCUT2D eigenvalue weighted by atomic mass is 10.0. The van der Waals surface area contributed by atoms with Crippen LogP contribution < -0.4 is 9.47 Å². The van der Waals surface area contributed by atoms with E-state index in [2.05, 4.69) is 18.8 Å². The zero-order valence-electron chi connectivity index (χ0n) is 11.2. The van der Waals surface area contributed by atoms with Gasteiger partial charge in [0, 0.05) is 11.6 Å². The van der Waals surface area contributed by atoms with E-state index in [1.807, 2.05) is 52.1 Å². The van der Waals surface area contributed by atoms with E-state index in [1.165, 1.54) is 0 Å². The first-order valence-electron chi connectivity index (χ1n) is 6.54. The fourth-order valence-corrected chi connectivity index (χ4v) is 2.79. The molecule has 0 radical (unpaired) electrons. The van der Waals surface area contributed by atoms with Crippen molar-refractivity contribution in [3.8, 4) is 0 Å². The Morgan fingerprint density at radius 3 is 2.68 bits per heavy atom. The van der Waals surface area contributed by atoms with Gasteiger partial charge in [0.05, 0.1) is 12.2 Å². The van der Waals surface area contributed by atoms with Crippen LogP contribution >= 0.6 is 0 Å². The van der Waals surface area contributed by atoms with Gasteiger partial charge in [0.1, 0.15) is 12.7 Å². The lowest BCUT2D eigenvalue weighted by molar-refractivity contribution is -0.685. The molecule has 2 aromatic rings. The number of benzene rings is 1. The van der Waals surface area contributed by atoms with E-state index in [9.17, 15) is 5.11 Å². The Labute approximate surface area is 113 Å². The van der Waals surface area contributed by atoms with E-state index in [1.54, 1.807) is 6.20 Å². The van der Waals surface area contributed by atoms with Gasteiger partial charge in [0.25, 0.3) is 0 Å². The molecule has 1 atom stereocenters. The SMILES string of the molecule is CC(C)N1c2nccc[n+]2C[C@@]1(O)c1ccccc1. The van der Waals surface area contributed by atoms with Gasteiger partial charge >= 0.3 is 5.95 Å². The molecule has 19 heavy (non-hydrogen) atoms. The molecular formula is C15H18N3O+. The van der Waals surface area contributed by atoms with E-state index in [0.29, 0.717) is 6.54 Å². The molecule has 0 spiro atoms. The maximum absolute atomic E-state index is 11.2. The first-order chi connectivity index (χ1) is 9.13. The topological polar surface area (TPSA) is 40.2 Å². The minimum absolute atomic E-state index is 0.161. The molecule has 0 unspecified atom stereocenters. The van der Waals surface area contributed by atoms with Crippen molar-refractivity contribution in [1.82, 2.24) is 4.98 Å². The predicted octanol–water partition coefficient (Wildman–Crippen LogP) is 1.44. The maximum Gasteiger partial charge on any atom is 0.397 e. The van der Waals surface area contributed by atoms with Gasteiger partial charge in [-0.3, -0.25) is 0 Å². The van der Waals surface area contributed by atoms with Crippen LogP contribution in [0.2, 0.25) is 0 Å².